The monoisotopic (exact) mass is 446 g/mol. The van der Waals surface area contributed by atoms with Gasteiger partial charge in [-0.3, -0.25) is 14.9 Å². The van der Waals surface area contributed by atoms with E-state index in [1.807, 2.05) is 0 Å². The fourth-order valence-electron chi connectivity index (χ4n) is 3.06. The zero-order chi connectivity index (χ0) is 21.3. The molecule has 1 aliphatic heterocycles. The summed E-state index contributed by atoms with van der Waals surface area (Å²) in [5.74, 6) is -0.561. The van der Waals surface area contributed by atoms with E-state index >= 15 is 0 Å². The second-order valence-electron chi connectivity index (χ2n) is 6.65. The Labute approximate surface area is 176 Å². The molecular weight excluding hydrogens is 428 g/mol. The summed E-state index contributed by atoms with van der Waals surface area (Å²) in [6, 6.07) is 7.60. The van der Waals surface area contributed by atoms with Gasteiger partial charge in [-0.05, 0) is 30.3 Å². The number of carbonyl (C=O) groups excluding carboxylic acids is 2. The third kappa shape index (κ3) is 4.13. The number of fused-ring (bicyclic) bond motifs is 1. The molecule has 1 aliphatic rings. The molecule has 2 amide bonds. The number of benzene rings is 1. The number of thiazole rings is 1. The van der Waals surface area contributed by atoms with E-state index in [1.54, 1.807) is 18.2 Å². The van der Waals surface area contributed by atoms with Crippen molar-refractivity contribution in [3.63, 3.8) is 0 Å². The quantitative estimate of drug-likeness (QED) is 0.621. The van der Waals surface area contributed by atoms with Crippen LogP contribution >= 0.6 is 11.3 Å². The molecule has 0 bridgehead atoms. The van der Waals surface area contributed by atoms with Gasteiger partial charge in [0.05, 0.1) is 29.0 Å². The summed E-state index contributed by atoms with van der Waals surface area (Å²) in [7, 11) is -3.70. The Balaban J connectivity index is 1.48. The molecule has 3 aromatic rings. The van der Waals surface area contributed by atoms with Crippen LogP contribution in [0.25, 0.3) is 0 Å². The molecule has 0 fully saturated rings. The second kappa shape index (κ2) is 8.01. The summed E-state index contributed by atoms with van der Waals surface area (Å²) >= 11 is 1.26. The standard InChI is InChI=1S/C19H18N4O5S2/c1-12(24)20-14-2-4-15(5-3-14)30(26,27)23-8-6-16-17(10-23)29-19(21-16)22-18(25)13-7-9-28-11-13/h2-5,7,9,11H,6,8,10H2,1H3,(H,20,24)(H,21,22,25). The Bertz CT molecular complexity index is 1180. The average Bonchev–Trinajstić information content (AvgIpc) is 3.37. The number of hydrogen-bond donors (Lipinski definition) is 2. The van der Waals surface area contributed by atoms with Crippen LogP contribution < -0.4 is 10.6 Å². The Morgan fingerprint density at radius 3 is 2.60 bits per heavy atom. The van der Waals surface area contributed by atoms with Gasteiger partial charge < -0.3 is 9.73 Å². The minimum Gasteiger partial charge on any atom is -0.472 e. The number of anilines is 2. The van der Waals surface area contributed by atoms with Gasteiger partial charge in [0.25, 0.3) is 5.91 Å². The molecular formula is C19H18N4O5S2. The highest BCUT2D eigenvalue weighted by Gasteiger charge is 2.30. The molecule has 11 heteroatoms. The fourth-order valence-corrected chi connectivity index (χ4v) is 5.57. The predicted molar refractivity (Wildman–Crippen MR) is 111 cm³/mol. The number of amides is 2. The summed E-state index contributed by atoms with van der Waals surface area (Å²) in [6.45, 7) is 1.86. The maximum atomic E-state index is 13.0. The van der Waals surface area contributed by atoms with Gasteiger partial charge in [-0.15, -0.1) is 11.3 Å². The lowest BCUT2D eigenvalue weighted by Crippen LogP contribution is -2.35. The average molecular weight is 447 g/mol. The largest absolute Gasteiger partial charge is 0.472 e. The first-order valence-corrected chi connectivity index (χ1v) is 11.3. The first-order chi connectivity index (χ1) is 14.3. The molecule has 0 aliphatic carbocycles. The molecule has 30 heavy (non-hydrogen) atoms. The van der Waals surface area contributed by atoms with E-state index in [0.717, 1.165) is 10.6 Å². The van der Waals surface area contributed by atoms with E-state index in [9.17, 15) is 18.0 Å². The summed E-state index contributed by atoms with van der Waals surface area (Å²) in [5.41, 5.74) is 1.70. The van der Waals surface area contributed by atoms with Gasteiger partial charge in [-0.1, -0.05) is 0 Å². The smallest absolute Gasteiger partial charge is 0.260 e. The molecule has 9 nitrogen and oxygen atoms in total. The van der Waals surface area contributed by atoms with Crippen LogP contribution in [0, 0.1) is 0 Å². The van der Waals surface area contributed by atoms with Crippen LogP contribution in [0.15, 0.2) is 52.2 Å². The molecule has 0 atom stereocenters. The number of furan rings is 1. The van der Waals surface area contributed by atoms with Gasteiger partial charge in [0.2, 0.25) is 15.9 Å². The Hall–Kier alpha value is -3.02. The third-order valence-electron chi connectivity index (χ3n) is 4.51. The summed E-state index contributed by atoms with van der Waals surface area (Å²) < 4.78 is 32.3. The van der Waals surface area contributed by atoms with Crippen LogP contribution in [0.1, 0.15) is 27.9 Å². The lowest BCUT2D eigenvalue weighted by Gasteiger charge is -2.25. The number of rotatable bonds is 5. The van der Waals surface area contributed by atoms with Crippen molar-refractivity contribution in [1.82, 2.24) is 9.29 Å². The number of carbonyl (C=O) groups is 2. The number of nitrogens with zero attached hydrogens (tertiary/aromatic N) is 2. The highest BCUT2D eigenvalue weighted by molar-refractivity contribution is 7.89. The summed E-state index contributed by atoms with van der Waals surface area (Å²) in [5, 5.41) is 5.75. The van der Waals surface area contributed by atoms with Crippen molar-refractivity contribution in [2.24, 2.45) is 0 Å². The van der Waals surface area contributed by atoms with Crippen LogP contribution in [-0.4, -0.2) is 36.1 Å². The van der Waals surface area contributed by atoms with Gasteiger partial charge >= 0.3 is 0 Å². The highest BCUT2D eigenvalue weighted by atomic mass is 32.2. The molecule has 0 radical (unpaired) electrons. The van der Waals surface area contributed by atoms with Crippen molar-refractivity contribution in [2.45, 2.75) is 24.8 Å². The molecule has 0 unspecified atom stereocenters. The molecule has 0 spiro atoms. The zero-order valence-electron chi connectivity index (χ0n) is 15.9. The van der Waals surface area contributed by atoms with Crippen molar-refractivity contribution in [3.05, 3.63) is 59.0 Å². The van der Waals surface area contributed by atoms with Crippen LogP contribution in [0.4, 0.5) is 10.8 Å². The normalized spacial score (nSPS) is 14.2. The predicted octanol–water partition coefficient (Wildman–Crippen LogP) is 2.69. The van der Waals surface area contributed by atoms with Crippen LogP contribution in [-0.2, 0) is 27.8 Å². The third-order valence-corrected chi connectivity index (χ3v) is 7.37. The molecule has 3 heterocycles. The van der Waals surface area contributed by atoms with E-state index in [-0.39, 0.29) is 23.3 Å². The molecule has 0 saturated carbocycles. The lowest BCUT2D eigenvalue weighted by molar-refractivity contribution is -0.114. The van der Waals surface area contributed by atoms with E-state index in [0.29, 0.717) is 29.3 Å². The minimum atomic E-state index is -3.70. The van der Waals surface area contributed by atoms with Crippen molar-refractivity contribution in [3.8, 4) is 0 Å². The lowest BCUT2D eigenvalue weighted by atomic mass is 10.2. The molecule has 1 aromatic carbocycles. The summed E-state index contributed by atoms with van der Waals surface area (Å²) in [4.78, 5) is 28.6. The maximum Gasteiger partial charge on any atom is 0.260 e. The summed E-state index contributed by atoms with van der Waals surface area (Å²) in [6.07, 6.45) is 3.21. The van der Waals surface area contributed by atoms with Crippen LogP contribution in [0.5, 0.6) is 0 Å². The van der Waals surface area contributed by atoms with E-state index in [2.05, 4.69) is 15.6 Å². The highest BCUT2D eigenvalue weighted by Crippen LogP contribution is 2.31. The molecule has 0 saturated heterocycles. The SMILES string of the molecule is CC(=O)Nc1ccc(S(=O)(=O)N2CCc3nc(NC(=O)c4ccoc4)sc3C2)cc1. The Morgan fingerprint density at radius 2 is 1.93 bits per heavy atom. The van der Waals surface area contributed by atoms with Crippen molar-refractivity contribution in [1.29, 1.82) is 0 Å². The second-order valence-corrected chi connectivity index (χ2v) is 9.67. The molecule has 156 valence electrons. The number of aromatic nitrogens is 1. The molecule has 2 N–H and O–H groups in total. The topological polar surface area (TPSA) is 122 Å². The van der Waals surface area contributed by atoms with Crippen molar-refractivity contribution in [2.75, 3.05) is 17.2 Å². The van der Waals surface area contributed by atoms with E-state index < -0.39 is 10.0 Å². The first kappa shape index (κ1) is 20.3. The van der Waals surface area contributed by atoms with Gasteiger partial charge in [-0.25, -0.2) is 13.4 Å². The minimum absolute atomic E-state index is 0.151. The van der Waals surface area contributed by atoms with Crippen LogP contribution in [0.3, 0.4) is 0 Å². The van der Waals surface area contributed by atoms with Gasteiger partial charge in [0, 0.05) is 30.5 Å². The van der Waals surface area contributed by atoms with Crippen molar-refractivity contribution >= 4 is 44.0 Å². The Morgan fingerprint density at radius 1 is 1.17 bits per heavy atom. The zero-order valence-corrected chi connectivity index (χ0v) is 17.5. The first-order valence-electron chi connectivity index (χ1n) is 9.03. The van der Waals surface area contributed by atoms with E-state index in [1.165, 1.54) is 47.2 Å². The number of hydrogen-bond acceptors (Lipinski definition) is 7. The van der Waals surface area contributed by atoms with E-state index in [4.69, 9.17) is 4.42 Å². The van der Waals surface area contributed by atoms with Gasteiger partial charge in [-0.2, -0.15) is 4.31 Å². The number of nitrogens with one attached hydrogen (secondary N) is 2. The van der Waals surface area contributed by atoms with Gasteiger partial charge in [0.15, 0.2) is 5.13 Å². The van der Waals surface area contributed by atoms with Crippen molar-refractivity contribution < 1.29 is 22.4 Å². The molecule has 2 aromatic heterocycles. The number of sulfonamides is 1. The van der Waals surface area contributed by atoms with Gasteiger partial charge in [0.1, 0.15) is 6.26 Å². The molecule has 4 rings (SSSR count). The maximum absolute atomic E-state index is 13.0. The van der Waals surface area contributed by atoms with Crippen LogP contribution in [0.2, 0.25) is 0 Å². The fraction of sp³-hybridized carbons (Fsp3) is 0.211. The Kier molecular flexibility index (Phi) is 5.41.